The maximum absolute atomic E-state index is 12.4. The first kappa shape index (κ1) is 19.9. The van der Waals surface area contributed by atoms with E-state index in [1.165, 1.54) is 11.3 Å². The lowest BCUT2D eigenvalue weighted by Gasteiger charge is -2.13. The van der Waals surface area contributed by atoms with E-state index in [2.05, 4.69) is 66.9 Å². The molecule has 146 valence electrons. The number of ether oxygens (including phenoxy) is 1. The molecule has 0 N–H and O–H groups in total. The molecule has 2 aromatic carbocycles. The van der Waals surface area contributed by atoms with Gasteiger partial charge in [-0.05, 0) is 37.0 Å². The highest BCUT2D eigenvalue weighted by molar-refractivity contribution is 5.88. The second kappa shape index (κ2) is 9.41. The number of aromatic nitrogens is 1. The molecule has 0 amide bonds. The number of benzene rings is 2. The number of unbranched alkanes of at least 4 members (excludes halogenated alkanes) is 1. The van der Waals surface area contributed by atoms with Crippen molar-refractivity contribution in [3.8, 4) is 22.4 Å². The van der Waals surface area contributed by atoms with Gasteiger partial charge in [-0.3, -0.25) is 4.79 Å². The van der Waals surface area contributed by atoms with Crippen molar-refractivity contribution in [1.29, 1.82) is 0 Å². The normalized spacial score (nSPS) is 10.8. The molecular weight excluding hydrogens is 346 g/mol. The van der Waals surface area contributed by atoms with E-state index >= 15 is 0 Å². The molecule has 0 atom stereocenters. The summed E-state index contributed by atoms with van der Waals surface area (Å²) in [5.74, 6) is -0.171. The summed E-state index contributed by atoms with van der Waals surface area (Å²) >= 11 is 0. The molecule has 3 nitrogen and oxygen atoms in total. The Kier molecular flexibility index (Phi) is 6.70. The van der Waals surface area contributed by atoms with Gasteiger partial charge in [0.15, 0.2) is 0 Å². The first-order valence-electron chi connectivity index (χ1n) is 10.2. The van der Waals surface area contributed by atoms with Crippen LogP contribution in [0, 0.1) is 6.92 Å². The summed E-state index contributed by atoms with van der Waals surface area (Å²) in [6.45, 7) is 7.53. The van der Waals surface area contributed by atoms with Gasteiger partial charge in [-0.25, -0.2) is 0 Å². The van der Waals surface area contributed by atoms with Gasteiger partial charge in [-0.1, -0.05) is 74.0 Å². The first-order chi connectivity index (χ1) is 13.7. The smallest absolute Gasteiger partial charge is 0.310 e. The van der Waals surface area contributed by atoms with Crippen LogP contribution in [-0.2, 0) is 22.5 Å². The van der Waals surface area contributed by atoms with Crippen molar-refractivity contribution in [2.75, 3.05) is 6.61 Å². The van der Waals surface area contributed by atoms with Crippen molar-refractivity contribution in [1.82, 2.24) is 4.57 Å². The zero-order valence-electron chi connectivity index (χ0n) is 17.1. The standard InChI is InChI=1S/C25H29NO2/c1-4-6-17-26-19(3)22(18-23(27)28-5-2)24(20-13-9-7-10-14-20)25(26)21-15-11-8-12-16-21/h7-16H,4-6,17-18H2,1-3H3. The molecule has 0 aliphatic heterocycles. The lowest BCUT2D eigenvalue weighted by molar-refractivity contribution is -0.142. The lowest BCUT2D eigenvalue weighted by Crippen LogP contribution is -2.09. The molecule has 3 heteroatoms. The Labute approximate surface area is 168 Å². The number of carbonyl (C=O) groups is 1. The summed E-state index contributed by atoms with van der Waals surface area (Å²) in [6, 6.07) is 20.9. The van der Waals surface area contributed by atoms with E-state index in [9.17, 15) is 4.79 Å². The van der Waals surface area contributed by atoms with Crippen LogP contribution >= 0.6 is 0 Å². The molecule has 0 radical (unpaired) electrons. The molecule has 0 aliphatic carbocycles. The average molecular weight is 376 g/mol. The fourth-order valence-corrected chi connectivity index (χ4v) is 3.77. The quantitative estimate of drug-likeness (QED) is 0.450. The highest BCUT2D eigenvalue weighted by Gasteiger charge is 2.24. The zero-order valence-corrected chi connectivity index (χ0v) is 17.1. The SMILES string of the molecule is CCCCn1c(C)c(CC(=O)OCC)c(-c2ccccc2)c1-c1ccccc1. The molecule has 3 rings (SSSR count). The van der Waals surface area contributed by atoms with Gasteiger partial charge in [0.2, 0.25) is 0 Å². The lowest BCUT2D eigenvalue weighted by atomic mass is 9.95. The van der Waals surface area contributed by atoms with E-state index in [-0.39, 0.29) is 5.97 Å². The molecule has 0 spiro atoms. The first-order valence-corrected chi connectivity index (χ1v) is 10.2. The van der Waals surface area contributed by atoms with Gasteiger partial charge in [0.05, 0.1) is 18.7 Å². The predicted molar refractivity (Wildman–Crippen MR) is 115 cm³/mol. The van der Waals surface area contributed by atoms with E-state index in [0.29, 0.717) is 13.0 Å². The Balaban J connectivity index is 2.26. The monoisotopic (exact) mass is 375 g/mol. The molecule has 3 aromatic rings. The highest BCUT2D eigenvalue weighted by atomic mass is 16.5. The number of hydrogen-bond acceptors (Lipinski definition) is 2. The molecule has 1 aromatic heterocycles. The third kappa shape index (κ3) is 4.19. The number of carbonyl (C=O) groups excluding carboxylic acids is 1. The van der Waals surface area contributed by atoms with Gasteiger partial charge in [0, 0.05) is 17.8 Å². The topological polar surface area (TPSA) is 31.2 Å². The van der Waals surface area contributed by atoms with Gasteiger partial charge in [0.1, 0.15) is 0 Å². The van der Waals surface area contributed by atoms with Crippen molar-refractivity contribution >= 4 is 5.97 Å². The summed E-state index contributed by atoms with van der Waals surface area (Å²) in [6.07, 6.45) is 2.52. The Bertz CT molecular complexity index is 911. The second-order valence-corrected chi connectivity index (χ2v) is 7.01. The van der Waals surface area contributed by atoms with Gasteiger partial charge in [0.25, 0.3) is 0 Å². The third-order valence-electron chi connectivity index (χ3n) is 5.12. The number of nitrogens with zero attached hydrogens (tertiary/aromatic N) is 1. The fourth-order valence-electron chi connectivity index (χ4n) is 3.77. The van der Waals surface area contributed by atoms with E-state index in [0.717, 1.165) is 41.8 Å². The minimum absolute atomic E-state index is 0.171. The molecule has 0 saturated carbocycles. The van der Waals surface area contributed by atoms with Crippen molar-refractivity contribution in [3.05, 3.63) is 71.9 Å². The molecule has 0 fully saturated rings. The van der Waals surface area contributed by atoms with E-state index in [1.54, 1.807) is 0 Å². The third-order valence-corrected chi connectivity index (χ3v) is 5.12. The summed E-state index contributed by atoms with van der Waals surface area (Å²) < 4.78 is 7.66. The molecule has 0 saturated heterocycles. The molecular formula is C25H29NO2. The fraction of sp³-hybridized carbons (Fsp3) is 0.320. The van der Waals surface area contributed by atoms with E-state index in [1.807, 2.05) is 19.1 Å². The van der Waals surface area contributed by atoms with Gasteiger partial charge < -0.3 is 9.30 Å². The van der Waals surface area contributed by atoms with Crippen LogP contribution in [0.15, 0.2) is 60.7 Å². The van der Waals surface area contributed by atoms with Crippen LogP contribution in [0.5, 0.6) is 0 Å². The Hall–Kier alpha value is -2.81. The van der Waals surface area contributed by atoms with Crippen LogP contribution in [0.1, 0.15) is 37.9 Å². The number of rotatable bonds is 8. The van der Waals surface area contributed by atoms with Crippen molar-refractivity contribution in [2.24, 2.45) is 0 Å². The largest absolute Gasteiger partial charge is 0.466 e. The van der Waals surface area contributed by atoms with Crippen LogP contribution in [0.2, 0.25) is 0 Å². The number of esters is 1. The average Bonchev–Trinajstić information content (AvgIpc) is 2.99. The molecule has 0 unspecified atom stereocenters. The maximum atomic E-state index is 12.4. The molecule has 28 heavy (non-hydrogen) atoms. The minimum Gasteiger partial charge on any atom is -0.466 e. The Morgan fingerprint density at radius 2 is 1.54 bits per heavy atom. The van der Waals surface area contributed by atoms with Crippen LogP contribution in [0.25, 0.3) is 22.4 Å². The molecule has 1 heterocycles. The van der Waals surface area contributed by atoms with Crippen LogP contribution in [-0.4, -0.2) is 17.1 Å². The van der Waals surface area contributed by atoms with Crippen LogP contribution in [0.4, 0.5) is 0 Å². The summed E-state index contributed by atoms with van der Waals surface area (Å²) in [7, 11) is 0. The zero-order chi connectivity index (χ0) is 19.9. The number of hydrogen-bond donors (Lipinski definition) is 0. The van der Waals surface area contributed by atoms with Crippen molar-refractivity contribution in [2.45, 2.75) is 46.6 Å². The Morgan fingerprint density at radius 3 is 2.11 bits per heavy atom. The summed E-state index contributed by atoms with van der Waals surface area (Å²) in [4.78, 5) is 12.4. The highest BCUT2D eigenvalue weighted by Crippen LogP contribution is 2.39. The van der Waals surface area contributed by atoms with E-state index < -0.39 is 0 Å². The van der Waals surface area contributed by atoms with Crippen molar-refractivity contribution in [3.63, 3.8) is 0 Å². The van der Waals surface area contributed by atoms with E-state index in [4.69, 9.17) is 4.74 Å². The van der Waals surface area contributed by atoms with Crippen molar-refractivity contribution < 1.29 is 9.53 Å². The van der Waals surface area contributed by atoms with Crippen LogP contribution in [0.3, 0.4) is 0 Å². The van der Waals surface area contributed by atoms with Gasteiger partial charge in [-0.2, -0.15) is 0 Å². The Morgan fingerprint density at radius 1 is 0.929 bits per heavy atom. The molecule has 0 bridgehead atoms. The van der Waals surface area contributed by atoms with Gasteiger partial charge >= 0.3 is 5.97 Å². The maximum Gasteiger partial charge on any atom is 0.310 e. The minimum atomic E-state index is -0.171. The molecule has 0 aliphatic rings. The summed E-state index contributed by atoms with van der Waals surface area (Å²) in [5.41, 5.74) is 6.87. The summed E-state index contributed by atoms with van der Waals surface area (Å²) in [5, 5.41) is 0. The van der Waals surface area contributed by atoms with Gasteiger partial charge in [-0.15, -0.1) is 0 Å². The second-order valence-electron chi connectivity index (χ2n) is 7.01. The predicted octanol–water partition coefficient (Wildman–Crippen LogP) is 6.04. The van der Waals surface area contributed by atoms with Crippen LogP contribution < -0.4 is 0 Å².